The van der Waals surface area contributed by atoms with Crippen molar-refractivity contribution in [1.82, 2.24) is 0 Å². The first-order valence-electron chi connectivity index (χ1n) is 4.56. The summed E-state index contributed by atoms with van der Waals surface area (Å²) in [7, 11) is 1.39. The Morgan fingerprint density at radius 2 is 2.14 bits per heavy atom. The first kappa shape index (κ1) is 11.1. The second-order valence-electron chi connectivity index (χ2n) is 3.00. The van der Waals surface area contributed by atoms with Crippen molar-refractivity contribution in [3.8, 4) is 0 Å². The van der Waals surface area contributed by atoms with Crippen LogP contribution in [0.2, 0.25) is 0 Å². The van der Waals surface area contributed by atoms with Crippen LogP contribution in [0.4, 0.5) is 0 Å². The zero-order chi connectivity index (χ0) is 10.6. The molecule has 76 valence electrons. The maximum absolute atomic E-state index is 11.4. The van der Waals surface area contributed by atoms with Crippen LogP contribution in [-0.2, 0) is 4.74 Å². The molecule has 0 aliphatic rings. The van der Waals surface area contributed by atoms with E-state index in [9.17, 15) is 4.79 Å². The van der Waals surface area contributed by atoms with Gasteiger partial charge in [-0.2, -0.15) is 12.6 Å². The van der Waals surface area contributed by atoms with Crippen LogP contribution in [0.5, 0.6) is 0 Å². The predicted molar refractivity (Wildman–Crippen MR) is 59.8 cm³/mol. The molecule has 0 spiro atoms. The quantitative estimate of drug-likeness (QED) is 0.613. The van der Waals surface area contributed by atoms with E-state index in [-0.39, 0.29) is 11.2 Å². The molecular weight excluding hydrogens is 196 g/mol. The lowest BCUT2D eigenvalue weighted by molar-refractivity contribution is 0.0599. The number of carbonyl (C=O) groups excluding carboxylic acids is 1. The number of benzene rings is 1. The molecule has 1 aromatic carbocycles. The molecule has 0 saturated carbocycles. The van der Waals surface area contributed by atoms with Gasteiger partial charge < -0.3 is 4.74 Å². The number of hydrogen-bond acceptors (Lipinski definition) is 3. The lowest BCUT2D eigenvalue weighted by Gasteiger charge is -2.12. The monoisotopic (exact) mass is 210 g/mol. The second-order valence-corrected chi connectivity index (χ2v) is 3.63. The molecule has 0 heterocycles. The van der Waals surface area contributed by atoms with Gasteiger partial charge in [0, 0.05) is 5.25 Å². The van der Waals surface area contributed by atoms with E-state index in [0.717, 1.165) is 12.0 Å². The number of methoxy groups -OCH3 is 1. The maximum atomic E-state index is 11.4. The Hall–Kier alpha value is -0.960. The zero-order valence-electron chi connectivity index (χ0n) is 8.36. The molecule has 0 amide bonds. The number of esters is 1. The Morgan fingerprint density at radius 3 is 2.71 bits per heavy atom. The minimum Gasteiger partial charge on any atom is -0.465 e. The first-order chi connectivity index (χ1) is 6.70. The summed E-state index contributed by atoms with van der Waals surface area (Å²) in [5.41, 5.74) is 1.54. The van der Waals surface area contributed by atoms with Crippen LogP contribution >= 0.6 is 12.6 Å². The van der Waals surface area contributed by atoms with Crippen molar-refractivity contribution in [1.29, 1.82) is 0 Å². The van der Waals surface area contributed by atoms with Crippen LogP contribution in [0.15, 0.2) is 24.3 Å². The van der Waals surface area contributed by atoms with E-state index in [2.05, 4.69) is 12.6 Å². The predicted octanol–water partition coefficient (Wildman–Crippen LogP) is 2.85. The normalized spacial score (nSPS) is 12.2. The highest BCUT2D eigenvalue weighted by Gasteiger charge is 2.14. The molecule has 0 radical (unpaired) electrons. The van der Waals surface area contributed by atoms with Crippen molar-refractivity contribution in [2.75, 3.05) is 7.11 Å². The van der Waals surface area contributed by atoms with E-state index in [4.69, 9.17) is 4.74 Å². The van der Waals surface area contributed by atoms with E-state index in [1.165, 1.54) is 7.11 Å². The zero-order valence-corrected chi connectivity index (χ0v) is 9.25. The molecular formula is C11H14O2S. The molecule has 1 unspecified atom stereocenters. The van der Waals surface area contributed by atoms with Gasteiger partial charge in [0.2, 0.25) is 0 Å². The molecule has 0 aliphatic carbocycles. The van der Waals surface area contributed by atoms with Gasteiger partial charge in [-0.15, -0.1) is 0 Å². The largest absolute Gasteiger partial charge is 0.465 e. The van der Waals surface area contributed by atoms with Gasteiger partial charge in [-0.3, -0.25) is 0 Å². The van der Waals surface area contributed by atoms with Gasteiger partial charge in [-0.25, -0.2) is 4.79 Å². The minimum atomic E-state index is -0.298. The number of thiol groups is 1. The molecule has 0 fully saturated rings. The fourth-order valence-electron chi connectivity index (χ4n) is 1.30. The van der Waals surface area contributed by atoms with Crippen molar-refractivity contribution in [3.05, 3.63) is 35.4 Å². The van der Waals surface area contributed by atoms with Gasteiger partial charge in [-0.1, -0.05) is 25.1 Å². The number of hydrogen-bond donors (Lipinski definition) is 1. The lowest BCUT2D eigenvalue weighted by Crippen LogP contribution is -2.06. The van der Waals surface area contributed by atoms with Gasteiger partial charge in [0.05, 0.1) is 12.7 Å². The standard InChI is InChI=1S/C11H14O2S/c1-3-10(14)8-6-4-5-7-9(8)11(12)13-2/h4-7,10,14H,3H2,1-2H3. The summed E-state index contributed by atoms with van der Waals surface area (Å²) in [6.07, 6.45) is 0.886. The Morgan fingerprint density at radius 1 is 1.50 bits per heavy atom. The van der Waals surface area contributed by atoms with Crippen molar-refractivity contribution in [3.63, 3.8) is 0 Å². The van der Waals surface area contributed by atoms with Crippen LogP contribution in [0.1, 0.15) is 34.5 Å². The fraction of sp³-hybridized carbons (Fsp3) is 0.364. The molecule has 0 bridgehead atoms. The first-order valence-corrected chi connectivity index (χ1v) is 5.07. The topological polar surface area (TPSA) is 26.3 Å². The van der Waals surface area contributed by atoms with Crippen LogP contribution in [0.3, 0.4) is 0 Å². The van der Waals surface area contributed by atoms with Gasteiger partial charge in [0.1, 0.15) is 0 Å². The summed E-state index contributed by atoms with van der Waals surface area (Å²) in [4.78, 5) is 11.4. The number of rotatable bonds is 3. The molecule has 14 heavy (non-hydrogen) atoms. The van der Waals surface area contributed by atoms with E-state index >= 15 is 0 Å². The smallest absolute Gasteiger partial charge is 0.338 e. The lowest BCUT2D eigenvalue weighted by atomic mass is 10.0. The average molecular weight is 210 g/mol. The molecule has 1 atom stereocenters. The van der Waals surface area contributed by atoms with E-state index < -0.39 is 0 Å². The van der Waals surface area contributed by atoms with Gasteiger partial charge in [-0.05, 0) is 18.1 Å². The fourth-order valence-corrected chi connectivity index (χ4v) is 1.53. The summed E-state index contributed by atoms with van der Waals surface area (Å²) < 4.78 is 4.70. The van der Waals surface area contributed by atoms with Crippen LogP contribution < -0.4 is 0 Å². The van der Waals surface area contributed by atoms with Crippen LogP contribution in [0, 0.1) is 0 Å². The Kier molecular flexibility index (Phi) is 4.01. The van der Waals surface area contributed by atoms with E-state index in [1.807, 2.05) is 25.1 Å². The summed E-state index contributed by atoms with van der Waals surface area (Å²) >= 11 is 4.41. The third-order valence-corrected chi connectivity index (χ3v) is 2.76. The molecule has 1 rings (SSSR count). The summed E-state index contributed by atoms with van der Waals surface area (Å²) in [6.45, 7) is 2.03. The van der Waals surface area contributed by atoms with Crippen molar-refractivity contribution in [2.24, 2.45) is 0 Å². The highest BCUT2D eigenvalue weighted by Crippen LogP contribution is 2.26. The highest BCUT2D eigenvalue weighted by atomic mass is 32.1. The van der Waals surface area contributed by atoms with Crippen LogP contribution in [-0.4, -0.2) is 13.1 Å². The average Bonchev–Trinajstić information content (AvgIpc) is 2.27. The van der Waals surface area contributed by atoms with Gasteiger partial charge in [0.25, 0.3) is 0 Å². The van der Waals surface area contributed by atoms with Gasteiger partial charge >= 0.3 is 5.97 Å². The highest BCUT2D eigenvalue weighted by molar-refractivity contribution is 7.80. The third-order valence-electron chi connectivity index (χ3n) is 2.11. The maximum Gasteiger partial charge on any atom is 0.338 e. The van der Waals surface area contributed by atoms with Crippen molar-refractivity contribution in [2.45, 2.75) is 18.6 Å². The molecule has 3 heteroatoms. The summed E-state index contributed by atoms with van der Waals surface area (Å²) in [5, 5.41) is 0.0882. The molecule has 0 aromatic heterocycles. The van der Waals surface area contributed by atoms with Gasteiger partial charge in [0.15, 0.2) is 0 Å². The number of ether oxygens (including phenoxy) is 1. The molecule has 2 nitrogen and oxygen atoms in total. The molecule has 0 saturated heterocycles. The van der Waals surface area contributed by atoms with Crippen LogP contribution in [0.25, 0.3) is 0 Å². The molecule has 0 aliphatic heterocycles. The molecule has 0 N–H and O–H groups in total. The Balaban J connectivity index is 3.09. The number of carbonyl (C=O) groups is 1. The van der Waals surface area contributed by atoms with E-state index in [0.29, 0.717) is 5.56 Å². The Labute approximate surface area is 89.7 Å². The Bertz CT molecular complexity index is 323. The van der Waals surface area contributed by atoms with Crippen molar-refractivity contribution < 1.29 is 9.53 Å². The summed E-state index contributed by atoms with van der Waals surface area (Å²) in [5.74, 6) is -0.298. The van der Waals surface area contributed by atoms with Crippen molar-refractivity contribution >= 4 is 18.6 Å². The van der Waals surface area contributed by atoms with E-state index in [1.54, 1.807) is 6.07 Å². The SMILES string of the molecule is CCC(S)c1ccccc1C(=O)OC. The molecule has 1 aromatic rings. The summed E-state index contributed by atoms with van der Waals surface area (Å²) in [6, 6.07) is 7.40. The third kappa shape index (κ3) is 2.29. The second kappa shape index (κ2) is 5.05. The minimum absolute atomic E-state index is 0.0882.